The number of carbonyl (C=O) groups is 1. The summed E-state index contributed by atoms with van der Waals surface area (Å²) in [7, 11) is 0. The van der Waals surface area contributed by atoms with E-state index in [-0.39, 0.29) is 11.5 Å². The normalized spacial score (nSPS) is 21.0. The Labute approximate surface area is 160 Å². The van der Waals surface area contributed by atoms with Crippen molar-refractivity contribution in [2.75, 3.05) is 31.2 Å². The molecule has 1 amide bonds. The lowest BCUT2D eigenvalue weighted by Gasteiger charge is -2.29. The molecule has 5 heteroatoms. The number of amides is 1. The number of rotatable bonds is 3. The van der Waals surface area contributed by atoms with Crippen molar-refractivity contribution in [3.63, 3.8) is 0 Å². The summed E-state index contributed by atoms with van der Waals surface area (Å²) in [5.74, 6) is 0. The summed E-state index contributed by atoms with van der Waals surface area (Å²) in [6.07, 6.45) is -0.101. The lowest BCUT2D eigenvalue weighted by molar-refractivity contribution is 0.122. The fourth-order valence-electron chi connectivity index (χ4n) is 4.32. The van der Waals surface area contributed by atoms with Gasteiger partial charge in [-0.25, -0.2) is 4.79 Å². The van der Waals surface area contributed by atoms with Gasteiger partial charge < -0.3 is 20.1 Å². The highest BCUT2D eigenvalue weighted by molar-refractivity contribution is 5.70. The molecule has 0 radical (unpaired) electrons. The first-order valence-electron chi connectivity index (χ1n) is 9.49. The number of hydrogen-bond acceptors (Lipinski definition) is 3. The van der Waals surface area contributed by atoms with Gasteiger partial charge in [0.05, 0.1) is 19.3 Å². The Morgan fingerprint density at radius 3 is 2.44 bits per heavy atom. The van der Waals surface area contributed by atoms with Crippen LogP contribution in [0.2, 0.25) is 0 Å². The van der Waals surface area contributed by atoms with Crippen LogP contribution in [0.3, 0.4) is 0 Å². The third kappa shape index (κ3) is 3.52. The Kier molecular flexibility index (Phi) is 4.56. The predicted molar refractivity (Wildman–Crippen MR) is 106 cm³/mol. The minimum absolute atomic E-state index is 0.125. The third-order valence-electron chi connectivity index (χ3n) is 5.73. The van der Waals surface area contributed by atoms with Crippen LogP contribution in [-0.4, -0.2) is 37.5 Å². The number of morpholine rings is 1. The monoisotopic (exact) mass is 366 g/mol. The third-order valence-corrected chi connectivity index (χ3v) is 5.73. The van der Waals surface area contributed by atoms with E-state index in [1.54, 1.807) is 0 Å². The van der Waals surface area contributed by atoms with E-state index in [0.717, 1.165) is 38.3 Å². The molecule has 0 aromatic heterocycles. The van der Waals surface area contributed by atoms with Crippen molar-refractivity contribution in [2.24, 2.45) is 5.41 Å². The molecule has 1 aliphatic carbocycles. The van der Waals surface area contributed by atoms with Gasteiger partial charge in [0, 0.05) is 18.8 Å². The van der Waals surface area contributed by atoms with Crippen molar-refractivity contribution in [3.8, 4) is 11.1 Å². The van der Waals surface area contributed by atoms with E-state index >= 15 is 0 Å². The van der Waals surface area contributed by atoms with Gasteiger partial charge in [-0.15, -0.1) is 0 Å². The first kappa shape index (κ1) is 17.9. The van der Waals surface area contributed by atoms with Gasteiger partial charge in [0.15, 0.2) is 0 Å². The van der Waals surface area contributed by atoms with Gasteiger partial charge in [-0.05, 0) is 46.2 Å². The Morgan fingerprint density at radius 1 is 1.11 bits per heavy atom. The largest absolute Gasteiger partial charge is 0.465 e. The van der Waals surface area contributed by atoms with Gasteiger partial charge in [-0.3, -0.25) is 0 Å². The second-order valence-electron chi connectivity index (χ2n) is 8.11. The molecule has 4 rings (SSSR count). The summed E-state index contributed by atoms with van der Waals surface area (Å²) in [5.41, 5.74) is 5.79. The maximum absolute atomic E-state index is 11.2. The summed E-state index contributed by atoms with van der Waals surface area (Å²) in [4.78, 5) is 13.5. The van der Waals surface area contributed by atoms with E-state index in [1.807, 2.05) is 0 Å². The fourth-order valence-corrected chi connectivity index (χ4v) is 4.32. The molecule has 2 N–H and O–H groups in total. The van der Waals surface area contributed by atoms with Gasteiger partial charge >= 0.3 is 6.09 Å². The number of anilines is 1. The number of ether oxygens (including phenoxy) is 1. The molecule has 2 aromatic carbocycles. The minimum Gasteiger partial charge on any atom is -0.465 e. The van der Waals surface area contributed by atoms with Gasteiger partial charge in [0.2, 0.25) is 0 Å². The van der Waals surface area contributed by atoms with Crippen LogP contribution >= 0.6 is 0 Å². The highest BCUT2D eigenvalue weighted by Crippen LogP contribution is 2.46. The number of nitrogens with zero attached hydrogens (tertiary/aromatic N) is 1. The first-order chi connectivity index (χ1) is 12.9. The molecule has 27 heavy (non-hydrogen) atoms. The molecule has 2 aliphatic rings. The highest BCUT2D eigenvalue weighted by Gasteiger charge is 2.39. The first-order valence-corrected chi connectivity index (χ1v) is 9.49. The lowest BCUT2D eigenvalue weighted by atomic mass is 9.85. The smallest absolute Gasteiger partial charge is 0.405 e. The van der Waals surface area contributed by atoms with Gasteiger partial charge in [-0.1, -0.05) is 44.2 Å². The van der Waals surface area contributed by atoms with Crippen LogP contribution in [0.4, 0.5) is 10.5 Å². The van der Waals surface area contributed by atoms with Crippen LogP contribution in [0, 0.1) is 5.41 Å². The van der Waals surface area contributed by atoms with Gasteiger partial charge in [0.25, 0.3) is 0 Å². The minimum atomic E-state index is -0.969. The van der Waals surface area contributed by atoms with Crippen LogP contribution in [0.25, 0.3) is 11.1 Å². The van der Waals surface area contributed by atoms with E-state index in [4.69, 9.17) is 4.74 Å². The van der Waals surface area contributed by atoms with Crippen molar-refractivity contribution in [1.82, 2.24) is 5.32 Å². The second kappa shape index (κ2) is 6.89. The molecule has 5 nitrogen and oxygen atoms in total. The number of fused-ring (bicyclic) bond motifs is 1. The Hall–Kier alpha value is -2.53. The van der Waals surface area contributed by atoms with Crippen molar-refractivity contribution < 1.29 is 14.6 Å². The number of carboxylic acid groups (broad SMARTS) is 1. The molecular formula is C22H26N2O3. The summed E-state index contributed by atoms with van der Waals surface area (Å²) in [5, 5.41) is 11.9. The fraction of sp³-hybridized carbons (Fsp3) is 0.409. The van der Waals surface area contributed by atoms with Gasteiger partial charge in [0.1, 0.15) is 0 Å². The molecule has 142 valence electrons. The molecule has 1 atom stereocenters. The molecule has 1 fully saturated rings. The Bertz CT molecular complexity index is 839. The lowest BCUT2D eigenvalue weighted by Crippen LogP contribution is -2.36. The summed E-state index contributed by atoms with van der Waals surface area (Å²) in [6.45, 7) is 7.67. The average Bonchev–Trinajstić information content (AvgIpc) is 2.91. The highest BCUT2D eigenvalue weighted by atomic mass is 16.5. The number of hydrogen-bond donors (Lipinski definition) is 2. The van der Waals surface area contributed by atoms with E-state index in [0.29, 0.717) is 0 Å². The molecule has 0 spiro atoms. The molecule has 1 heterocycles. The molecule has 2 aromatic rings. The van der Waals surface area contributed by atoms with E-state index < -0.39 is 6.09 Å². The summed E-state index contributed by atoms with van der Waals surface area (Å²) >= 11 is 0. The average molecular weight is 366 g/mol. The molecule has 1 aliphatic heterocycles. The van der Waals surface area contributed by atoms with Crippen LogP contribution in [-0.2, 0) is 11.2 Å². The standard InChI is InChI=1S/C22H26N2O3/c1-22(2)14-17-13-16(5-8-19(17)20(22)23-21(25)26)15-3-6-18(7-4-15)24-9-11-27-12-10-24/h3-8,13,20,23H,9-12,14H2,1-2H3,(H,25,26). The second-order valence-corrected chi connectivity index (χ2v) is 8.11. The molecular weight excluding hydrogens is 340 g/mol. The molecule has 1 saturated heterocycles. The molecule has 1 unspecified atom stereocenters. The van der Waals surface area contributed by atoms with Crippen molar-refractivity contribution in [1.29, 1.82) is 0 Å². The predicted octanol–water partition coefficient (Wildman–Crippen LogP) is 4.08. The SMILES string of the molecule is CC1(C)Cc2cc(-c3ccc(N4CCOCC4)cc3)ccc2C1NC(=O)O. The zero-order valence-corrected chi connectivity index (χ0v) is 15.9. The van der Waals surface area contributed by atoms with Crippen LogP contribution in [0.15, 0.2) is 42.5 Å². The zero-order valence-electron chi connectivity index (χ0n) is 15.9. The number of benzene rings is 2. The molecule has 0 bridgehead atoms. The molecule has 0 saturated carbocycles. The number of nitrogens with one attached hydrogen (secondary N) is 1. The summed E-state index contributed by atoms with van der Waals surface area (Å²) < 4.78 is 5.42. The zero-order chi connectivity index (χ0) is 19.0. The maximum atomic E-state index is 11.2. The Balaban J connectivity index is 1.58. The topological polar surface area (TPSA) is 61.8 Å². The van der Waals surface area contributed by atoms with Crippen molar-refractivity contribution in [3.05, 3.63) is 53.6 Å². The van der Waals surface area contributed by atoms with Crippen molar-refractivity contribution >= 4 is 11.8 Å². The van der Waals surface area contributed by atoms with Crippen LogP contribution in [0.1, 0.15) is 31.0 Å². The van der Waals surface area contributed by atoms with Crippen LogP contribution in [0.5, 0.6) is 0 Å². The van der Waals surface area contributed by atoms with E-state index in [2.05, 4.69) is 66.5 Å². The van der Waals surface area contributed by atoms with E-state index in [9.17, 15) is 9.90 Å². The van der Waals surface area contributed by atoms with Crippen molar-refractivity contribution in [2.45, 2.75) is 26.3 Å². The summed E-state index contributed by atoms with van der Waals surface area (Å²) in [6, 6.07) is 14.9. The van der Waals surface area contributed by atoms with E-state index in [1.165, 1.54) is 22.4 Å². The van der Waals surface area contributed by atoms with Gasteiger partial charge in [-0.2, -0.15) is 0 Å². The Morgan fingerprint density at radius 2 is 1.78 bits per heavy atom. The maximum Gasteiger partial charge on any atom is 0.405 e. The van der Waals surface area contributed by atoms with Crippen LogP contribution < -0.4 is 10.2 Å². The quantitative estimate of drug-likeness (QED) is 0.859.